The molecule has 92 valence electrons. The fourth-order valence-electron chi connectivity index (χ4n) is 1.62. The van der Waals surface area contributed by atoms with Crippen LogP contribution < -0.4 is 5.32 Å². The standard InChI is InChI=1S/C12H12BrF2NO/c13-8(7-4-5-7)6-16-12(17)11-9(14)2-1-3-10(11)15/h1-3,7-8H,4-6H2,(H,16,17). The van der Waals surface area contributed by atoms with Crippen LogP contribution in [0.15, 0.2) is 18.2 Å². The first-order valence-corrected chi connectivity index (χ1v) is 6.37. The summed E-state index contributed by atoms with van der Waals surface area (Å²) < 4.78 is 26.6. The zero-order valence-corrected chi connectivity index (χ0v) is 10.6. The Balaban J connectivity index is 1.99. The van der Waals surface area contributed by atoms with Crippen molar-refractivity contribution in [3.8, 4) is 0 Å². The second-order valence-electron chi connectivity index (χ2n) is 4.16. The number of nitrogens with one attached hydrogen (secondary N) is 1. The molecule has 1 atom stereocenters. The number of alkyl halides is 1. The van der Waals surface area contributed by atoms with E-state index in [1.807, 2.05) is 0 Å². The summed E-state index contributed by atoms with van der Waals surface area (Å²) in [4.78, 5) is 11.8. The van der Waals surface area contributed by atoms with Crippen LogP contribution in [0.3, 0.4) is 0 Å². The Morgan fingerprint density at radius 1 is 1.41 bits per heavy atom. The number of hydrogen-bond donors (Lipinski definition) is 1. The van der Waals surface area contributed by atoms with Gasteiger partial charge < -0.3 is 5.32 Å². The van der Waals surface area contributed by atoms with Gasteiger partial charge in [-0.05, 0) is 30.9 Å². The fraction of sp³-hybridized carbons (Fsp3) is 0.417. The van der Waals surface area contributed by atoms with Gasteiger partial charge >= 0.3 is 0 Å². The van der Waals surface area contributed by atoms with Crippen LogP contribution in [0.25, 0.3) is 0 Å². The van der Waals surface area contributed by atoms with Gasteiger partial charge in [-0.2, -0.15) is 0 Å². The van der Waals surface area contributed by atoms with E-state index in [9.17, 15) is 13.6 Å². The molecule has 17 heavy (non-hydrogen) atoms. The third-order valence-corrected chi connectivity index (χ3v) is 3.85. The molecule has 1 N–H and O–H groups in total. The monoisotopic (exact) mass is 303 g/mol. The smallest absolute Gasteiger partial charge is 0.257 e. The summed E-state index contributed by atoms with van der Waals surface area (Å²) in [5.41, 5.74) is -0.511. The van der Waals surface area contributed by atoms with E-state index in [-0.39, 0.29) is 4.83 Å². The highest BCUT2D eigenvalue weighted by molar-refractivity contribution is 9.09. The minimum atomic E-state index is -0.833. The lowest BCUT2D eigenvalue weighted by Gasteiger charge is -2.10. The summed E-state index contributed by atoms with van der Waals surface area (Å²) in [5.74, 6) is -1.80. The number of halogens is 3. The highest BCUT2D eigenvalue weighted by atomic mass is 79.9. The molecule has 1 aromatic rings. The highest BCUT2D eigenvalue weighted by Crippen LogP contribution is 2.36. The van der Waals surface area contributed by atoms with Crippen molar-refractivity contribution in [2.45, 2.75) is 17.7 Å². The summed E-state index contributed by atoms with van der Waals surface area (Å²) in [7, 11) is 0. The second kappa shape index (κ2) is 5.12. The average Bonchev–Trinajstić information content (AvgIpc) is 3.09. The van der Waals surface area contributed by atoms with Gasteiger partial charge in [0.25, 0.3) is 5.91 Å². The zero-order valence-electron chi connectivity index (χ0n) is 9.05. The molecule has 1 saturated carbocycles. The van der Waals surface area contributed by atoms with Gasteiger partial charge in [0.05, 0.1) is 0 Å². The second-order valence-corrected chi connectivity index (χ2v) is 5.34. The van der Waals surface area contributed by atoms with Gasteiger partial charge in [0.1, 0.15) is 17.2 Å². The van der Waals surface area contributed by atoms with E-state index < -0.39 is 23.1 Å². The first-order chi connectivity index (χ1) is 8.09. The van der Waals surface area contributed by atoms with Gasteiger partial charge in [-0.1, -0.05) is 22.0 Å². The van der Waals surface area contributed by atoms with E-state index in [1.54, 1.807) is 0 Å². The van der Waals surface area contributed by atoms with Crippen molar-refractivity contribution in [2.75, 3.05) is 6.54 Å². The van der Waals surface area contributed by atoms with Crippen molar-refractivity contribution in [3.63, 3.8) is 0 Å². The Morgan fingerprint density at radius 2 is 2.00 bits per heavy atom. The number of amides is 1. The van der Waals surface area contributed by atoms with Crippen molar-refractivity contribution in [2.24, 2.45) is 5.92 Å². The van der Waals surface area contributed by atoms with E-state index in [0.29, 0.717) is 12.5 Å². The van der Waals surface area contributed by atoms with Gasteiger partial charge in [-0.25, -0.2) is 8.78 Å². The maximum Gasteiger partial charge on any atom is 0.257 e. The summed E-state index contributed by atoms with van der Waals surface area (Å²) in [6.07, 6.45) is 2.28. The Kier molecular flexibility index (Phi) is 3.76. The molecule has 5 heteroatoms. The lowest BCUT2D eigenvalue weighted by atomic mass is 10.2. The van der Waals surface area contributed by atoms with Gasteiger partial charge in [0.2, 0.25) is 0 Å². The predicted molar refractivity (Wildman–Crippen MR) is 64.1 cm³/mol. The van der Waals surface area contributed by atoms with Crippen molar-refractivity contribution in [1.82, 2.24) is 5.32 Å². The highest BCUT2D eigenvalue weighted by Gasteiger charge is 2.29. The minimum Gasteiger partial charge on any atom is -0.351 e. The number of hydrogen-bond acceptors (Lipinski definition) is 1. The molecule has 0 heterocycles. The summed E-state index contributed by atoms with van der Waals surface area (Å²) >= 11 is 3.44. The molecule has 0 aromatic heterocycles. The topological polar surface area (TPSA) is 29.1 Å². The lowest BCUT2D eigenvalue weighted by Crippen LogP contribution is -2.31. The van der Waals surface area contributed by atoms with Gasteiger partial charge in [-0.15, -0.1) is 0 Å². The number of carbonyl (C=O) groups is 1. The van der Waals surface area contributed by atoms with Gasteiger partial charge in [-0.3, -0.25) is 4.79 Å². The zero-order chi connectivity index (χ0) is 12.4. The maximum atomic E-state index is 13.3. The largest absolute Gasteiger partial charge is 0.351 e. The molecule has 2 nitrogen and oxygen atoms in total. The number of rotatable bonds is 4. The van der Waals surface area contributed by atoms with Crippen molar-refractivity contribution in [1.29, 1.82) is 0 Å². The Labute approximate surface area is 107 Å². The molecule has 0 aliphatic heterocycles. The van der Waals surface area contributed by atoms with E-state index in [4.69, 9.17) is 0 Å². The van der Waals surface area contributed by atoms with E-state index in [0.717, 1.165) is 25.0 Å². The van der Waals surface area contributed by atoms with Crippen LogP contribution in [0.5, 0.6) is 0 Å². The fourth-order valence-corrected chi connectivity index (χ4v) is 2.31. The molecular weight excluding hydrogens is 292 g/mol. The van der Waals surface area contributed by atoms with Crippen molar-refractivity contribution in [3.05, 3.63) is 35.4 Å². The van der Waals surface area contributed by atoms with E-state index >= 15 is 0 Å². The Hall–Kier alpha value is -0.970. The first-order valence-electron chi connectivity index (χ1n) is 5.46. The van der Waals surface area contributed by atoms with Crippen LogP contribution in [0, 0.1) is 17.6 Å². The van der Waals surface area contributed by atoms with E-state index in [1.165, 1.54) is 6.07 Å². The molecule has 1 aliphatic rings. The van der Waals surface area contributed by atoms with Gasteiger partial charge in [0, 0.05) is 11.4 Å². The molecule has 1 aliphatic carbocycles. The molecule has 1 aromatic carbocycles. The molecule has 0 radical (unpaired) electrons. The third-order valence-electron chi connectivity index (χ3n) is 2.78. The van der Waals surface area contributed by atoms with Crippen LogP contribution >= 0.6 is 15.9 Å². The maximum absolute atomic E-state index is 13.3. The molecule has 0 bridgehead atoms. The molecule has 2 rings (SSSR count). The summed E-state index contributed by atoms with van der Waals surface area (Å²) in [6.45, 7) is 0.386. The van der Waals surface area contributed by atoms with Gasteiger partial charge in [0.15, 0.2) is 0 Å². The third kappa shape index (κ3) is 3.03. The minimum absolute atomic E-state index is 0.182. The number of benzene rings is 1. The van der Waals surface area contributed by atoms with E-state index in [2.05, 4.69) is 21.2 Å². The average molecular weight is 304 g/mol. The Morgan fingerprint density at radius 3 is 2.53 bits per heavy atom. The molecule has 0 saturated heterocycles. The van der Waals surface area contributed by atoms with Crippen LogP contribution in [-0.4, -0.2) is 17.3 Å². The number of carbonyl (C=O) groups excluding carboxylic acids is 1. The summed E-state index contributed by atoms with van der Waals surface area (Å²) in [5, 5.41) is 2.54. The molecular formula is C12H12BrF2NO. The van der Waals surface area contributed by atoms with Crippen LogP contribution in [0.4, 0.5) is 8.78 Å². The molecule has 1 amide bonds. The lowest BCUT2D eigenvalue weighted by molar-refractivity contribution is 0.0945. The summed E-state index contributed by atoms with van der Waals surface area (Å²) in [6, 6.07) is 3.38. The molecule has 0 spiro atoms. The quantitative estimate of drug-likeness (QED) is 0.852. The molecule has 1 unspecified atom stereocenters. The SMILES string of the molecule is O=C(NCC(Br)C1CC1)c1c(F)cccc1F. The van der Waals surface area contributed by atoms with Crippen molar-refractivity contribution >= 4 is 21.8 Å². The Bertz CT molecular complexity index is 414. The first kappa shape index (κ1) is 12.5. The van der Waals surface area contributed by atoms with Crippen LogP contribution in [0.2, 0.25) is 0 Å². The van der Waals surface area contributed by atoms with Crippen LogP contribution in [0.1, 0.15) is 23.2 Å². The molecule has 1 fully saturated rings. The predicted octanol–water partition coefficient (Wildman–Crippen LogP) is 2.87. The van der Waals surface area contributed by atoms with Crippen molar-refractivity contribution < 1.29 is 13.6 Å². The van der Waals surface area contributed by atoms with Crippen LogP contribution in [-0.2, 0) is 0 Å². The normalized spacial score (nSPS) is 16.6.